The number of aromatic nitrogens is 2. The van der Waals surface area contributed by atoms with Crippen LogP contribution in [0.15, 0.2) is 47.3 Å². The summed E-state index contributed by atoms with van der Waals surface area (Å²) in [5.41, 5.74) is 7.56. The Hall–Kier alpha value is -2.82. The van der Waals surface area contributed by atoms with Gasteiger partial charge in [-0.25, -0.2) is 0 Å². The molecule has 3 N–H and O–H groups in total. The molecule has 0 aliphatic rings. The molecule has 3 rings (SSSR count). The third-order valence-corrected chi connectivity index (χ3v) is 3.13. The van der Waals surface area contributed by atoms with Gasteiger partial charge in [0.2, 0.25) is 0 Å². The van der Waals surface area contributed by atoms with Crippen molar-refractivity contribution in [3.63, 3.8) is 0 Å². The fraction of sp³-hybridized carbons (Fsp3) is 0.0667. The van der Waals surface area contributed by atoms with Gasteiger partial charge in [-0.2, -0.15) is 4.98 Å². The monoisotopic (exact) mass is 267 g/mol. The molecule has 0 spiro atoms. The molecule has 0 atom stereocenters. The van der Waals surface area contributed by atoms with Gasteiger partial charge in [0.15, 0.2) is 0 Å². The molecule has 0 saturated carbocycles. The van der Waals surface area contributed by atoms with Crippen LogP contribution in [0, 0.1) is 0 Å². The number of methoxy groups -OCH3 is 1. The van der Waals surface area contributed by atoms with E-state index in [9.17, 15) is 4.79 Å². The van der Waals surface area contributed by atoms with E-state index in [1.807, 2.05) is 18.2 Å². The Bertz CT molecular complexity index is 840. The number of hydrogen-bond acceptors (Lipinski definition) is 4. The Morgan fingerprint density at radius 2 is 2.00 bits per heavy atom. The highest BCUT2D eigenvalue weighted by Gasteiger charge is 2.08. The van der Waals surface area contributed by atoms with Gasteiger partial charge in [0.1, 0.15) is 11.6 Å². The van der Waals surface area contributed by atoms with Gasteiger partial charge < -0.3 is 15.5 Å². The van der Waals surface area contributed by atoms with Crippen molar-refractivity contribution < 1.29 is 4.74 Å². The molecule has 5 nitrogen and oxygen atoms in total. The van der Waals surface area contributed by atoms with Gasteiger partial charge in [-0.15, -0.1) is 0 Å². The van der Waals surface area contributed by atoms with Crippen LogP contribution in [0.3, 0.4) is 0 Å². The molecule has 0 aliphatic heterocycles. The Morgan fingerprint density at radius 3 is 2.80 bits per heavy atom. The zero-order chi connectivity index (χ0) is 14.1. The lowest BCUT2D eigenvalue weighted by molar-refractivity contribution is 0.417. The summed E-state index contributed by atoms with van der Waals surface area (Å²) in [6.45, 7) is 0. The topological polar surface area (TPSA) is 81.0 Å². The number of ether oxygens (including phenoxy) is 1. The fourth-order valence-corrected chi connectivity index (χ4v) is 2.09. The molecule has 0 fully saturated rings. The third kappa shape index (κ3) is 1.99. The Morgan fingerprint density at radius 1 is 1.20 bits per heavy atom. The number of hydrogen-bond donors (Lipinski definition) is 2. The summed E-state index contributed by atoms with van der Waals surface area (Å²) < 4.78 is 5.18. The second-order valence-electron chi connectivity index (χ2n) is 4.39. The minimum absolute atomic E-state index is 0.259. The van der Waals surface area contributed by atoms with E-state index in [1.165, 1.54) is 0 Å². The summed E-state index contributed by atoms with van der Waals surface area (Å²) in [6, 6.07) is 12.5. The van der Waals surface area contributed by atoms with Crippen LogP contribution in [0.2, 0.25) is 0 Å². The van der Waals surface area contributed by atoms with E-state index in [1.54, 1.807) is 31.4 Å². The van der Waals surface area contributed by atoms with Gasteiger partial charge in [0.25, 0.3) is 5.56 Å². The maximum atomic E-state index is 12.0. The first-order valence-corrected chi connectivity index (χ1v) is 6.12. The molecule has 0 radical (unpaired) electrons. The zero-order valence-corrected chi connectivity index (χ0v) is 10.9. The second-order valence-corrected chi connectivity index (χ2v) is 4.39. The predicted molar refractivity (Wildman–Crippen MR) is 78.8 cm³/mol. The number of rotatable bonds is 2. The predicted octanol–water partition coefficient (Wildman–Crippen LogP) is 2.18. The number of fused-ring (bicyclic) bond motifs is 1. The van der Waals surface area contributed by atoms with Crippen LogP contribution >= 0.6 is 0 Å². The number of H-pyrrole nitrogens is 1. The van der Waals surface area contributed by atoms with E-state index in [0.29, 0.717) is 22.6 Å². The van der Waals surface area contributed by atoms with Crippen molar-refractivity contribution in [2.24, 2.45) is 0 Å². The normalized spacial score (nSPS) is 10.7. The van der Waals surface area contributed by atoms with Gasteiger partial charge in [0, 0.05) is 5.56 Å². The van der Waals surface area contributed by atoms with E-state index >= 15 is 0 Å². The van der Waals surface area contributed by atoms with Gasteiger partial charge >= 0.3 is 0 Å². The molecule has 0 bridgehead atoms. The average molecular weight is 267 g/mol. The van der Waals surface area contributed by atoms with E-state index in [4.69, 9.17) is 10.5 Å². The quantitative estimate of drug-likeness (QED) is 0.697. The number of anilines is 1. The minimum Gasteiger partial charge on any atom is -0.495 e. The highest BCUT2D eigenvalue weighted by molar-refractivity contribution is 5.79. The first-order chi connectivity index (χ1) is 9.69. The first kappa shape index (κ1) is 12.2. The SMILES string of the molecule is COc1cc(-c2nc(=O)c3ccccc3[nH]2)ccc1N. The molecule has 1 heterocycles. The van der Waals surface area contributed by atoms with E-state index in [0.717, 1.165) is 11.1 Å². The first-order valence-electron chi connectivity index (χ1n) is 6.12. The standard InChI is InChI=1S/C15H13N3O2/c1-20-13-8-9(6-7-11(13)16)14-17-12-5-3-2-4-10(12)15(19)18-14/h2-8H,16H2,1H3,(H,17,18,19). The van der Waals surface area contributed by atoms with E-state index in [-0.39, 0.29) is 5.56 Å². The van der Waals surface area contributed by atoms with Crippen molar-refractivity contribution in [2.75, 3.05) is 12.8 Å². The number of benzene rings is 2. The maximum absolute atomic E-state index is 12.0. The summed E-state index contributed by atoms with van der Waals surface area (Å²) in [4.78, 5) is 19.2. The molecule has 0 amide bonds. The number of nitrogens with zero attached hydrogens (tertiary/aromatic N) is 1. The zero-order valence-electron chi connectivity index (χ0n) is 10.9. The number of nitrogens with two attached hydrogens (primary N) is 1. The summed E-state index contributed by atoms with van der Waals surface area (Å²) in [5.74, 6) is 1.05. The highest BCUT2D eigenvalue weighted by Crippen LogP contribution is 2.27. The molecule has 0 unspecified atom stereocenters. The summed E-state index contributed by atoms with van der Waals surface area (Å²) >= 11 is 0. The van der Waals surface area contributed by atoms with Gasteiger partial charge in [-0.3, -0.25) is 4.79 Å². The smallest absolute Gasteiger partial charge is 0.281 e. The molecule has 0 saturated heterocycles. The van der Waals surface area contributed by atoms with Crippen molar-refractivity contribution >= 4 is 16.6 Å². The largest absolute Gasteiger partial charge is 0.495 e. The Kier molecular flexibility index (Phi) is 2.87. The van der Waals surface area contributed by atoms with Gasteiger partial charge in [-0.1, -0.05) is 12.1 Å². The molecule has 20 heavy (non-hydrogen) atoms. The molecule has 0 aliphatic carbocycles. The lowest BCUT2D eigenvalue weighted by Crippen LogP contribution is -2.09. The van der Waals surface area contributed by atoms with Gasteiger partial charge in [0.05, 0.1) is 23.7 Å². The van der Waals surface area contributed by atoms with Crippen molar-refractivity contribution in [1.29, 1.82) is 0 Å². The number of nitrogen functional groups attached to an aromatic ring is 1. The molecule has 5 heteroatoms. The van der Waals surface area contributed by atoms with Crippen LogP contribution in [0.1, 0.15) is 0 Å². The summed E-state index contributed by atoms with van der Waals surface area (Å²) in [7, 11) is 1.55. The van der Waals surface area contributed by atoms with E-state index in [2.05, 4.69) is 9.97 Å². The minimum atomic E-state index is -0.259. The molecular formula is C15H13N3O2. The van der Waals surface area contributed by atoms with Crippen LogP contribution in [0.5, 0.6) is 5.75 Å². The molecule has 100 valence electrons. The van der Waals surface area contributed by atoms with Crippen molar-refractivity contribution in [1.82, 2.24) is 9.97 Å². The van der Waals surface area contributed by atoms with Crippen LogP contribution in [0.25, 0.3) is 22.3 Å². The number of para-hydroxylation sites is 1. The average Bonchev–Trinajstić information content (AvgIpc) is 2.47. The molecule has 3 aromatic rings. The Balaban J connectivity index is 2.22. The second kappa shape index (κ2) is 4.70. The summed E-state index contributed by atoms with van der Waals surface area (Å²) in [6.07, 6.45) is 0. The fourth-order valence-electron chi connectivity index (χ4n) is 2.09. The number of aromatic amines is 1. The molecular weight excluding hydrogens is 254 g/mol. The summed E-state index contributed by atoms with van der Waals surface area (Å²) in [5, 5.41) is 0.568. The lowest BCUT2D eigenvalue weighted by Gasteiger charge is -2.07. The Labute approximate surface area is 115 Å². The van der Waals surface area contributed by atoms with E-state index < -0.39 is 0 Å². The third-order valence-electron chi connectivity index (χ3n) is 3.13. The molecule has 1 aromatic heterocycles. The maximum Gasteiger partial charge on any atom is 0.281 e. The van der Waals surface area contributed by atoms with Crippen LogP contribution < -0.4 is 16.0 Å². The van der Waals surface area contributed by atoms with Crippen molar-refractivity contribution in [2.45, 2.75) is 0 Å². The number of nitrogens with one attached hydrogen (secondary N) is 1. The molecule has 2 aromatic carbocycles. The van der Waals surface area contributed by atoms with Crippen LogP contribution in [-0.4, -0.2) is 17.1 Å². The van der Waals surface area contributed by atoms with Crippen molar-refractivity contribution in [3.05, 3.63) is 52.8 Å². The lowest BCUT2D eigenvalue weighted by atomic mass is 10.1. The van der Waals surface area contributed by atoms with Crippen LogP contribution in [0.4, 0.5) is 5.69 Å². The van der Waals surface area contributed by atoms with Crippen molar-refractivity contribution in [3.8, 4) is 17.1 Å². The van der Waals surface area contributed by atoms with Crippen LogP contribution in [-0.2, 0) is 0 Å². The highest BCUT2D eigenvalue weighted by atomic mass is 16.5. The van der Waals surface area contributed by atoms with Gasteiger partial charge in [-0.05, 0) is 30.3 Å².